The van der Waals surface area contributed by atoms with Crippen molar-refractivity contribution in [1.29, 1.82) is 0 Å². The molecule has 0 unspecified atom stereocenters. The van der Waals surface area contributed by atoms with Gasteiger partial charge in [0, 0.05) is 18.8 Å². The van der Waals surface area contributed by atoms with E-state index in [1.54, 1.807) is 0 Å². The molecule has 1 heterocycles. The van der Waals surface area contributed by atoms with Crippen LogP contribution in [0.3, 0.4) is 0 Å². The highest BCUT2D eigenvalue weighted by Crippen LogP contribution is 2.21. The molecular formula is C14H19N. The Balaban J connectivity index is 2.13. The molecule has 1 aliphatic rings. The van der Waals surface area contributed by atoms with Crippen LogP contribution < -0.4 is 0 Å². The summed E-state index contributed by atoms with van der Waals surface area (Å²) in [5, 5.41) is 0. The van der Waals surface area contributed by atoms with Crippen LogP contribution in [0.4, 0.5) is 0 Å². The molecule has 0 radical (unpaired) electrons. The predicted molar refractivity (Wildman–Crippen MR) is 65.5 cm³/mol. The second kappa shape index (κ2) is 4.52. The number of allylic oxidation sites excluding steroid dienone is 1. The van der Waals surface area contributed by atoms with Crippen LogP contribution in [0.15, 0.2) is 36.5 Å². The molecular weight excluding hydrogens is 182 g/mol. The van der Waals surface area contributed by atoms with E-state index in [9.17, 15) is 0 Å². The molecule has 0 amide bonds. The number of nitrogens with zero attached hydrogens (tertiary/aromatic N) is 1. The Morgan fingerprint density at radius 1 is 1.33 bits per heavy atom. The van der Waals surface area contributed by atoms with Gasteiger partial charge in [-0.15, -0.1) is 0 Å². The topological polar surface area (TPSA) is 3.24 Å². The molecule has 1 atom stereocenters. The summed E-state index contributed by atoms with van der Waals surface area (Å²) in [4.78, 5) is 2.46. The number of likely N-dealkylation sites (tertiary alicyclic amines) is 1. The lowest BCUT2D eigenvalue weighted by atomic mass is 10.1. The van der Waals surface area contributed by atoms with Crippen LogP contribution in [-0.4, -0.2) is 17.5 Å². The van der Waals surface area contributed by atoms with Crippen molar-refractivity contribution in [3.05, 3.63) is 42.1 Å². The predicted octanol–water partition coefficient (Wildman–Crippen LogP) is 3.53. The number of rotatable bonds is 2. The van der Waals surface area contributed by atoms with Crippen LogP contribution in [0, 0.1) is 0 Å². The fraction of sp³-hybridized carbons (Fsp3) is 0.429. The molecule has 0 aliphatic carbocycles. The molecule has 1 fully saturated rings. The normalized spacial score (nSPS) is 22.1. The summed E-state index contributed by atoms with van der Waals surface area (Å²) >= 11 is 0. The van der Waals surface area contributed by atoms with Gasteiger partial charge in [0.15, 0.2) is 0 Å². The van der Waals surface area contributed by atoms with Crippen LogP contribution in [0.2, 0.25) is 0 Å². The molecule has 1 aromatic carbocycles. The van der Waals surface area contributed by atoms with Gasteiger partial charge in [0.1, 0.15) is 0 Å². The van der Waals surface area contributed by atoms with Gasteiger partial charge in [0.25, 0.3) is 0 Å². The average Bonchev–Trinajstić information content (AvgIpc) is 2.66. The monoisotopic (exact) mass is 201 g/mol. The lowest BCUT2D eigenvalue weighted by molar-refractivity contribution is 0.373. The first-order valence-corrected chi connectivity index (χ1v) is 5.77. The zero-order chi connectivity index (χ0) is 10.7. The van der Waals surface area contributed by atoms with Crippen molar-refractivity contribution < 1.29 is 0 Å². The van der Waals surface area contributed by atoms with Crippen LogP contribution in [-0.2, 0) is 0 Å². The summed E-state index contributed by atoms with van der Waals surface area (Å²) < 4.78 is 0. The number of hydrogen-bond acceptors (Lipinski definition) is 1. The van der Waals surface area contributed by atoms with Crippen molar-refractivity contribution in [2.45, 2.75) is 32.7 Å². The molecule has 0 bridgehead atoms. The van der Waals surface area contributed by atoms with Crippen LogP contribution in [0.25, 0.3) is 5.57 Å². The summed E-state index contributed by atoms with van der Waals surface area (Å²) in [6, 6.07) is 11.3. The molecule has 80 valence electrons. The minimum atomic E-state index is 0.712. The van der Waals surface area contributed by atoms with E-state index in [1.807, 2.05) is 0 Å². The quantitative estimate of drug-likeness (QED) is 0.707. The van der Waals surface area contributed by atoms with Gasteiger partial charge in [-0.1, -0.05) is 30.3 Å². The first-order valence-electron chi connectivity index (χ1n) is 5.77. The molecule has 0 N–H and O–H groups in total. The molecule has 2 rings (SSSR count). The minimum absolute atomic E-state index is 0.712. The zero-order valence-electron chi connectivity index (χ0n) is 9.61. The largest absolute Gasteiger partial charge is 0.374 e. The minimum Gasteiger partial charge on any atom is -0.374 e. The van der Waals surface area contributed by atoms with Gasteiger partial charge < -0.3 is 4.90 Å². The first-order chi connectivity index (χ1) is 7.27. The van der Waals surface area contributed by atoms with E-state index < -0.39 is 0 Å². The third-order valence-corrected chi connectivity index (χ3v) is 3.19. The van der Waals surface area contributed by atoms with E-state index in [0.717, 1.165) is 0 Å². The molecule has 0 saturated carbocycles. The summed E-state index contributed by atoms with van der Waals surface area (Å²) in [7, 11) is 0. The second-order valence-corrected chi connectivity index (χ2v) is 4.41. The van der Waals surface area contributed by atoms with E-state index in [0.29, 0.717) is 6.04 Å². The van der Waals surface area contributed by atoms with Gasteiger partial charge in [-0.25, -0.2) is 0 Å². The Hall–Kier alpha value is -1.24. The maximum Gasteiger partial charge on any atom is 0.0256 e. The highest BCUT2D eigenvalue weighted by molar-refractivity contribution is 5.63. The van der Waals surface area contributed by atoms with Crippen molar-refractivity contribution in [2.75, 3.05) is 6.54 Å². The fourth-order valence-corrected chi connectivity index (χ4v) is 2.17. The summed E-state index contributed by atoms with van der Waals surface area (Å²) in [5.74, 6) is 0. The Bertz CT molecular complexity index is 340. The summed E-state index contributed by atoms with van der Waals surface area (Å²) in [6.45, 7) is 5.72. The van der Waals surface area contributed by atoms with Gasteiger partial charge in [0.2, 0.25) is 0 Å². The smallest absolute Gasteiger partial charge is 0.0256 e. The van der Waals surface area contributed by atoms with Crippen molar-refractivity contribution in [2.24, 2.45) is 0 Å². The molecule has 1 saturated heterocycles. The molecule has 1 aliphatic heterocycles. The lowest BCUT2D eigenvalue weighted by Crippen LogP contribution is -2.20. The fourth-order valence-electron chi connectivity index (χ4n) is 2.17. The van der Waals surface area contributed by atoms with Gasteiger partial charge in [-0.2, -0.15) is 0 Å². The van der Waals surface area contributed by atoms with Gasteiger partial charge in [-0.3, -0.25) is 0 Å². The molecule has 1 aromatic rings. The first kappa shape index (κ1) is 10.3. The Morgan fingerprint density at radius 3 is 2.67 bits per heavy atom. The Kier molecular flexibility index (Phi) is 3.10. The summed E-state index contributed by atoms with van der Waals surface area (Å²) in [6.07, 6.45) is 4.98. The zero-order valence-corrected chi connectivity index (χ0v) is 9.61. The SMILES string of the molecule is C/C(=C\N1CCC[C@H]1C)c1ccccc1. The van der Waals surface area contributed by atoms with Crippen molar-refractivity contribution in [3.63, 3.8) is 0 Å². The lowest BCUT2D eigenvalue weighted by Gasteiger charge is -2.20. The van der Waals surface area contributed by atoms with Gasteiger partial charge in [0.05, 0.1) is 0 Å². The molecule has 1 heteroatoms. The molecule has 1 nitrogen and oxygen atoms in total. The van der Waals surface area contributed by atoms with Crippen LogP contribution in [0.5, 0.6) is 0 Å². The maximum atomic E-state index is 2.46. The number of hydrogen-bond donors (Lipinski definition) is 0. The van der Waals surface area contributed by atoms with Crippen LogP contribution >= 0.6 is 0 Å². The Labute approximate surface area is 92.4 Å². The maximum absolute atomic E-state index is 2.46. The standard InChI is InChI=1S/C14H19N/c1-12(14-8-4-3-5-9-14)11-15-10-6-7-13(15)2/h3-5,8-9,11,13H,6-7,10H2,1-2H3/b12-11+/t13-/m1/s1. The summed E-state index contributed by atoms with van der Waals surface area (Å²) in [5.41, 5.74) is 2.70. The second-order valence-electron chi connectivity index (χ2n) is 4.41. The van der Waals surface area contributed by atoms with E-state index in [-0.39, 0.29) is 0 Å². The highest BCUT2D eigenvalue weighted by Gasteiger charge is 2.16. The third kappa shape index (κ3) is 2.41. The van der Waals surface area contributed by atoms with Gasteiger partial charge in [-0.05, 0) is 37.8 Å². The van der Waals surface area contributed by atoms with Crippen LogP contribution in [0.1, 0.15) is 32.3 Å². The molecule has 0 aromatic heterocycles. The van der Waals surface area contributed by atoms with E-state index >= 15 is 0 Å². The van der Waals surface area contributed by atoms with Gasteiger partial charge >= 0.3 is 0 Å². The van der Waals surface area contributed by atoms with E-state index in [4.69, 9.17) is 0 Å². The van der Waals surface area contributed by atoms with Crippen molar-refractivity contribution in [3.8, 4) is 0 Å². The Morgan fingerprint density at radius 2 is 2.07 bits per heavy atom. The third-order valence-electron chi connectivity index (χ3n) is 3.19. The van der Waals surface area contributed by atoms with Crippen molar-refractivity contribution >= 4 is 5.57 Å². The highest BCUT2D eigenvalue weighted by atomic mass is 15.2. The average molecular weight is 201 g/mol. The molecule has 0 spiro atoms. The van der Waals surface area contributed by atoms with Crippen molar-refractivity contribution in [1.82, 2.24) is 4.90 Å². The van der Waals surface area contributed by atoms with E-state index in [1.165, 1.54) is 30.5 Å². The van der Waals surface area contributed by atoms with E-state index in [2.05, 4.69) is 55.3 Å². The number of benzene rings is 1. The molecule has 15 heavy (non-hydrogen) atoms.